The average Bonchev–Trinajstić information content (AvgIpc) is 3.12. The van der Waals surface area contributed by atoms with Crippen molar-refractivity contribution in [2.75, 3.05) is 39.3 Å². The number of nitro groups is 1. The Bertz CT molecular complexity index is 820. The van der Waals surface area contributed by atoms with Crippen LogP contribution in [0.25, 0.3) is 0 Å². The van der Waals surface area contributed by atoms with Crippen molar-refractivity contribution >= 4 is 28.1 Å². The second-order valence-electron chi connectivity index (χ2n) is 6.11. The highest BCUT2D eigenvalue weighted by atomic mass is 35.5. The van der Waals surface area contributed by atoms with Gasteiger partial charge in [0.1, 0.15) is 16.5 Å². The fraction of sp³-hybridized carbons (Fsp3) is 0.533. The minimum atomic E-state index is -3.94. The lowest BCUT2D eigenvalue weighted by Crippen LogP contribution is -2.49. The van der Waals surface area contributed by atoms with Crippen LogP contribution in [0.3, 0.4) is 0 Å². The first-order valence-corrected chi connectivity index (χ1v) is 9.51. The van der Waals surface area contributed by atoms with E-state index in [1.54, 1.807) is 6.07 Å². The van der Waals surface area contributed by atoms with Crippen LogP contribution in [0.5, 0.6) is 0 Å². The fourth-order valence-corrected chi connectivity index (χ4v) is 5.06. The largest absolute Gasteiger partial charge is 0.314 e. The predicted molar refractivity (Wildman–Crippen MR) is 96.7 cm³/mol. The summed E-state index contributed by atoms with van der Waals surface area (Å²) >= 11 is 0. The molecule has 1 N–H and O–H groups in total. The standard InChI is InChI=1S/C15H19N5O4S.ClH/c16-10-13-14(20(21)22)2-1-3-15(13)25(23,24)19-7-4-12(11-19)18-8-5-17-6-9-18;/h1-3,12,17H,4-9,11H2;1H. The zero-order chi connectivity index (χ0) is 18.0. The van der Waals surface area contributed by atoms with E-state index >= 15 is 0 Å². The molecule has 2 aliphatic heterocycles. The smallest absolute Gasteiger partial charge is 0.288 e. The molecular formula is C15H20ClN5O4S. The second kappa shape index (κ2) is 8.28. The molecule has 0 spiro atoms. The summed E-state index contributed by atoms with van der Waals surface area (Å²) in [6, 6.07) is 5.53. The number of nitriles is 1. The molecule has 0 amide bonds. The van der Waals surface area contributed by atoms with E-state index < -0.39 is 26.2 Å². The number of halogens is 1. The molecule has 2 heterocycles. The van der Waals surface area contributed by atoms with Gasteiger partial charge in [-0.1, -0.05) is 6.07 Å². The number of nitrogens with zero attached hydrogens (tertiary/aromatic N) is 4. The lowest BCUT2D eigenvalue weighted by molar-refractivity contribution is -0.385. The van der Waals surface area contributed by atoms with Gasteiger partial charge in [-0.05, 0) is 12.5 Å². The van der Waals surface area contributed by atoms with Crippen molar-refractivity contribution in [2.24, 2.45) is 0 Å². The zero-order valence-electron chi connectivity index (χ0n) is 14.0. The molecule has 2 saturated heterocycles. The topological polar surface area (TPSA) is 120 Å². The van der Waals surface area contributed by atoms with Gasteiger partial charge in [0.05, 0.1) is 4.92 Å². The van der Waals surface area contributed by atoms with Gasteiger partial charge in [-0.25, -0.2) is 8.42 Å². The fourth-order valence-electron chi connectivity index (χ4n) is 3.41. The normalized spacial score (nSPS) is 21.7. The summed E-state index contributed by atoms with van der Waals surface area (Å²) in [6.07, 6.45) is 0.718. The lowest BCUT2D eigenvalue weighted by Gasteiger charge is -2.32. The summed E-state index contributed by atoms with van der Waals surface area (Å²) in [5.74, 6) is 0. The Morgan fingerprint density at radius 1 is 1.27 bits per heavy atom. The van der Waals surface area contributed by atoms with Crippen molar-refractivity contribution in [3.63, 3.8) is 0 Å². The van der Waals surface area contributed by atoms with Crippen molar-refractivity contribution in [3.05, 3.63) is 33.9 Å². The van der Waals surface area contributed by atoms with E-state index in [1.807, 2.05) is 0 Å². The molecule has 0 radical (unpaired) electrons. The molecule has 0 saturated carbocycles. The van der Waals surface area contributed by atoms with Gasteiger partial charge in [-0.2, -0.15) is 9.57 Å². The van der Waals surface area contributed by atoms with Crippen LogP contribution in [0.4, 0.5) is 5.69 Å². The number of nitro benzene ring substituents is 1. The van der Waals surface area contributed by atoms with Crippen LogP contribution in [-0.2, 0) is 10.0 Å². The van der Waals surface area contributed by atoms with Crippen LogP contribution >= 0.6 is 12.4 Å². The molecule has 3 rings (SSSR count). The van der Waals surface area contributed by atoms with Crippen molar-refractivity contribution < 1.29 is 13.3 Å². The van der Waals surface area contributed by atoms with E-state index in [0.29, 0.717) is 13.1 Å². The second-order valence-corrected chi connectivity index (χ2v) is 8.02. The van der Waals surface area contributed by atoms with Crippen LogP contribution in [0.2, 0.25) is 0 Å². The molecule has 0 bridgehead atoms. The lowest BCUT2D eigenvalue weighted by atomic mass is 10.2. The first kappa shape index (κ1) is 20.5. The molecular weight excluding hydrogens is 382 g/mol. The molecule has 0 aliphatic carbocycles. The van der Waals surface area contributed by atoms with E-state index in [0.717, 1.165) is 38.7 Å². The van der Waals surface area contributed by atoms with Crippen LogP contribution in [0.1, 0.15) is 12.0 Å². The quantitative estimate of drug-likeness (QED) is 0.578. The molecule has 26 heavy (non-hydrogen) atoms. The van der Waals surface area contributed by atoms with Gasteiger partial charge in [0.15, 0.2) is 0 Å². The number of rotatable bonds is 4. The van der Waals surface area contributed by atoms with Gasteiger partial charge < -0.3 is 5.32 Å². The maximum Gasteiger partial charge on any atom is 0.288 e. The van der Waals surface area contributed by atoms with Crippen molar-refractivity contribution in [2.45, 2.75) is 17.4 Å². The zero-order valence-corrected chi connectivity index (χ0v) is 15.6. The highest BCUT2D eigenvalue weighted by Crippen LogP contribution is 2.30. The van der Waals surface area contributed by atoms with Crippen LogP contribution < -0.4 is 5.32 Å². The average molecular weight is 402 g/mol. The number of hydrogen-bond donors (Lipinski definition) is 1. The Kier molecular flexibility index (Phi) is 6.54. The third kappa shape index (κ3) is 3.82. The number of sulfonamides is 1. The highest BCUT2D eigenvalue weighted by Gasteiger charge is 2.37. The van der Waals surface area contributed by atoms with E-state index in [9.17, 15) is 23.8 Å². The van der Waals surface area contributed by atoms with Crippen molar-refractivity contribution in [1.29, 1.82) is 5.26 Å². The molecule has 11 heteroatoms. The maximum atomic E-state index is 12.9. The maximum absolute atomic E-state index is 12.9. The number of piperazine rings is 1. The monoisotopic (exact) mass is 401 g/mol. The third-order valence-electron chi connectivity index (χ3n) is 4.72. The SMILES string of the molecule is Cl.N#Cc1c([N+](=O)[O-])cccc1S(=O)(=O)N1CCC(N2CCNCC2)C1. The number of benzene rings is 1. The van der Waals surface area contributed by atoms with E-state index in [-0.39, 0.29) is 23.3 Å². The van der Waals surface area contributed by atoms with E-state index in [4.69, 9.17) is 0 Å². The summed E-state index contributed by atoms with van der Waals surface area (Å²) < 4.78 is 27.2. The van der Waals surface area contributed by atoms with Gasteiger partial charge >= 0.3 is 0 Å². The molecule has 142 valence electrons. The summed E-state index contributed by atoms with van der Waals surface area (Å²) in [6.45, 7) is 4.21. The first-order chi connectivity index (χ1) is 11.9. The predicted octanol–water partition coefficient (Wildman–Crippen LogP) is 0.556. The number of nitrogens with one attached hydrogen (secondary N) is 1. The molecule has 9 nitrogen and oxygen atoms in total. The summed E-state index contributed by atoms with van der Waals surface area (Å²) in [4.78, 5) is 12.3. The molecule has 1 aromatic rings. The molecule has 2 fully saturated rings. The van der Waals surface area contributed by atoms with Crippen LogP contribution in [0, 0.1) is 21.4 Å². The van der Waals surface area contributed by atoms with Crippen molar-refractivity contribution in [1.82, 2.24) is 14.5 Å². The molecule has 2 aliphatic rings. The first-order valence-electron chi connectivity index (χ1n) is 8.07. The van der Waals surface area contributed by atoms with Gasteiger partial charge in [0.2, 0.25) is 10.0 Å². The van der Waals surface area contributed by atoms with Crippen molar-refractivity contribution in [3.8, 4) is 6.07 Å². The van der Waals surface area contributed by atoms with E-state index in [1.165, 1.54) is 16.4 Å². The van der Waals surface area contributed by atoms with Gasteiger partial charge in [0.25, 0.3) is 5.69 Å². The molecule has 0 aromatic heterocycles. The van der Waals surface area contributed by atoms with Gasteiger partial charge in [-0.3, -0.25) is 15.0 Å². The van der Waals surface area contributed by atoms with Crippen LogP contribution in [0.15, 0.2) is 23.1 Å². The Hall–Kier alpha value is -1.77. The molecule has 1 unspecified atom stereocenters. The summed E-state index contributed by atoms with van der Waals surface area (Å²) in [5, 5.41) is 23.6. The molecule has 1 atom stereocenters. The van der Waals surface area contributed by atoms with Crippen LogP contribution in [-0.4, -0.2) is 67.9 Å². The summed E-state index contributed by atoms with van der Waals surface area (Å²) in [5.41, 5.74) is -0.889. The third-order valence-corrected chi connectivity index (χ3v) is 6.63. The Morgan fingerprint density at radius 3 is 2.58 bits per heavy atom. The minimum absolute atomic E-state index is 0. The Morgan fingerprint density at radius 2 is 1.96 bits per heavy atom. The van der Waals surface area contributed by atoms with Gasteiger partial charge in [0, 0.05) is 51.4 Å². The summed E-state index contributed by atoms with van der Waals surface area (Å²) in [7, 11) is -3.94. The van der Waals surface area contributed by atoms with E-state index in [2.05, 4.69) is 10.2 Å². The Balaban J connectivity index is 0.00000243. The Labute approximate surface area is 158 Å². The highest BCUT2D eigenvalue weighted by molar-refractivity contribution is 7.89. The molecule has 1 aromatic carbocycles. The minimum Gasteiger partial charge on any atom is -0.314 e. The number of hydrogen-bond acceptors (Lipinski definition) is 7. The van der Waals surface area contributed by atoms with Gasteiger partial charge in [-0.15, -0.1) is 12.4 Å².